The smallest absolute Gasteiger partial charge is 0.248 e. The molecular formula is C17H18N4O3S. The maximum atomic E-state index is 12.3. The molecule has 1 atom stereocenters. The zero-order valence-electron chi connectivity index (χ0n) is 14.1. The summed E-state index contributed by atoms with van der Waals surface area (Å²) in [4.78, 5) is 20.8. The molecule has 0 saturated carbocycles. The number of thiazole rings is 1. The van der Waals surface area contributed by atoms with Crippen molar-refractivity contribution in [3.05, 3.63) is 42.3 Å². The number of hydrogen-bond donors (Lipinski definition) is 1. The van der Waals surface area contributed by atoms with Crippen LogP contribution in [0.4, 0.5) is 5.13 Å². The molecule has 0 saturated heterocycles. The lowest BCUT2D eigenvalue weighted by molar-refractivity contribution is -0.118. The zero-order valence-corrected chi connectivity index (χ0v) is 14.9. The largest absolute Gasteiger partial charge is 0.497 e. The number of carbonyl (C=O) groups is 1. The van der Waals surface area contributed by atoms with Crippen LogP contribution in [0.15, 0.2) is 42.3 Å². The number of nitrogens with one attached hydrogen (secondary N) is 1. The quantitative estimate of drug-likeness (QED) is 0.732. The summed E-state index contributed by atoms with van der Waals surface area (Å²) in [5.74, 6) is 1.25. The Hall–Kier alpha value is -2.87. The van der Waals surface area contributed by atoms with Crippen molar-refractivity contribution in [3.8, 4) is 22.8 Å². The maximum Gasteiger partial charge on any atom is 0.248 e. The summed E-state index contributed by atoms with van der Waals surface area (Å²) in [6.45, 7) is 1.80. The predicted molar refractivity (Wildman–Crippen MR) is 96.2 cm³/mol. The van der Waals surface area contributed by atoms with Crippen molar-refractivity contribution in [3.63, 3.8) is 0 Å². The molecule has 0 spiro atoms. The van der Waals surface area contributed by atoms with E-state index in [4.69, 9.17) is 9.47 Å². The fourth-order valence-electron chi connectivity index (χ4n) is 2.31. The standard InChI is InChI=1S/C17H18N4O3S/c1-11(21-7-6-18-10-21)16(22)20-17-19-14(9-25-17)13-8-12(23-2)4-5-15(13)24-3/h4-11H,1-3H3,(H,19,20,22)/t11-/m0/s1. The Morgan fingerprint density at radius 2 is 2.16 bits per heavy atom. The molecule has 7 nitrogen and oxygen atoms in total. The Balaban J connectivity index is 1.80. The van der Waals surface area contributed by atoms with Crippen molar-refractivity contribution in [2.45, 2.75) is 13.0 Å². The van der Waals surface area contributed by atoms with Crippen LogP contribution < -0.4 is 14.8 Å². The second kappa shape index (κ2) is 7.35. The first-order valence-electron chi connectivity index (χ1n) is 7.58. The van der Waals surface area contributed by atoms with Crippen molar-refractivity contribution in [2.24, 2.45) is 0 Å². The van der Waals surface area contributed by atoms with Crippen LogP contribution in [0.3, 0.4) is 0 Å². The minimum atomic E-state index is -0.374. The molecule has 2 aromatic heterocycles. The first kappa shape index (κ1) is 17.0. The molecule has 8 heteroatoms. The Morgan fingerprint density at radius 1 is 1.32 bits per heavy atom. The van der Waals surface area contributed by atoms with Crippen LogP contribution in [-0.4, -0.2) is 34.7 Å². The minimum absolute atomic E-state index is 0.156. The molecule has 1 N–H and O–H groups in total. The van der Waals surface area contributed by atoms with Gasteiger partial charge in [-0.25, -0.2) is 9.97 Å². The summed E-state index contributed by atoms with van der Waals surface area (Å²) in [6.07, 6.45) is 5.00. The molecule has 0 unspecified atom stereocenters. The van der Waals surface area contributed by atoms with Crippen LogP contribution in [0.25, 0.3) is 11.3 Å². The molecule has 0 fully saturated rings. The zero-order chi connectivity index (χ0) is 17.8. The second-order valence-electron chi connectivity index (χ2n) is 5.28. The van der Waals surface area contributed by atoms with Crippen molar-refractivity contribution >= 4 is 22.4 Å². The minimum Gasteiger partial charge on any atom is -0.497 e. The highest BCUT2D eigenvalue weighted by atomic mass is 32.1. The molecule has 1 aromatic carbocycles. The molecule has 0 aliphatic rings. The van der Waals surface area contributed by atoms with Crippen molar-refractivity contribution < 1.29 is 14.3 Å². The number of benzene rings is 1. The number of imidazole rings is 1. The van der Waals surface area contributed by atoms with E-state index in [1.807, 2.05) is 23.6 Å². The van der Waals surface area contributed by atoms with E-state index in [1.54, 1.807) is 44.4 Å². The van der Waals surface area contributed by atoms with Crippen LogP contribution >= 0.6 is 11.3 Å². The summed E-state index contributed by atoms with van der Waals surface area (Å²) in [5.41, 5.74) is 1.52. The van der Waals surface area contributed by atoms with E-state index in [0.29, 0.717) is 22.3 Å². The van der Waals surface area contributed by atoms with Gasteiger partial charge in [0.1, 0.15) is 17.5 Å². The first-order valence-corrected chi connectivity index (χ1v) is 8.46. The van der Waals surface area contributed by atoms with Crippen molar-refractivity contribution in [1.82, 2.24) is 14.5 Å². The lowest BCUT2D eigenvalue weighted by atomic mass is 10.1. The summed E-state index contributed by atoms with van der Waals surface area (Å²) in [5, 5.41) is 5.23. The highest BCUT2D eigenvalue weighted by molar-refractivity contribution is 7.14. The molecule has 2 heterocycles. The van der Waals surface area contributed by atoms with Gasteiger partial charge in [-0.1, -0.05) is 0 Å². The van der Waals surface area contributed by atoms with E-state index in [-0.39, 0.29) is 11.9 Å². The van der Waals surface area contributed by atoms with Gasteiger partial charge >= 0.3 is 0 Å². The first-order chi connectivity index (χ1) is 12.1. The number of carbonyl (C=O) groups excluding carboxylic acids is 1. The Kier molecular flexibility index (Phi) is 4.99. The molecule has 0 radical (unpaired) electrons. The van der Waals surface area contributed by atoms with Crippen LogP contribution in [0.5, 0.6) is 11.5 Å². The highest BCUT2D eigenvalue weighted by Gasteiger charge is 2.17. The molecule has 1 amide bonds. The maximum absolute atomic E-state index is 12.3. The molecule has 0 aliphatic heterocycles. The second-order valence-corrected chi connectivity index (χ2v) is 6.14. The van der Waals surface area contributed by atoms with E-state index in [1.165, 1.54) is 11.3 Å². The predicted octanol–water partition coefficient (Wildman–Crippen LogP) is 3.22. The Labute approximate surface area is 149 Å². The van der Waals surface area contributed by atoms with Gasteiger partial charge in [0.25, 0.3) is 0 Å². The normalized spacial score (nSPS) is 11.8. The number of rotatable bonds is 6. The van der Waals surface area contributed by atoms with Gasteiger partial charge in [-0.3, -0.25) is 4.79 Å². The van der Waals surface area contributed by atoms with Gasteiger partial charge in [-0.05, 0) is 25.1 Å². The van der Waals surface area contributed by atoms with Crippen LogP contribution in [0, 0.1) is 0 Å². The number of ether oxygens (including phenoxy) is 2. The van der Waals surface area contributed by atoms with Gasteiger partial charge in [-0.2, -0.15) is 0 Å². The Morgan fingerprint density at radius 3 is 2.84 bits per heavy atom. The number of hydrogen-bond acceptors (Lipinski definition) is 6. The number of amides is 1. The lowest BCUT2D eigenvalue weighted by Crippen LogP contribution is -2.22. The van der Waals surface area contributed by atoms with Gasteiger partial charge in [0.05, 0.1) is 26.2 Å². The monoisotopic (exact) mass is 358 g/mol. The third-order valence-corrected chi connectivity index (χ3v) is 4.53. The third-order valence-electron chi connectivity index (χ3n) is 3.77. The topological polar surface area (TPSA) is 78.3 Å². The summed E-state index contributed by atoms with van der Waals surface area (Å²) < 4.78 is 12.4. The number of methoxy groups -OCH3 is 2. The average molecular weight is 358 g/mol. The van der Waals surface area contributed by atoms with E-state index < -0.39 is 0 Å². The molecule has 0 aliphatic carbocycles. The Bertz CT molecular complexity index is 861. The fraction of sp³-hybridized carbons (Fsp3) is 0.235. The SMILES string of the molecule is COc1ccc(OC)c(-c2csc(NC(=O)[C@H](C)n3ccnc3)n2)c1. The third kappa shape index (κ3) is 3.63. The molecule has 130 valence electrons. The molecular weight excluding hydrogens is 340 g/mol. The van der Waals surface area contributed by atoms with Crippen LogP contribution in [-0.2, 0) is 4.79 Å². The van der Waals surface area contributed by atoms with Gasteiger partial charge in [0, 0.05) is 23.3 Å². The van der Waals surface area contributed by atoms with Crippen LogP contribution in [0.2, 0.25) is 0 Å². The number of anilines is 1. The number of aromatic nitrogens is 3. The molecule has 3 aromatic rings. The summed E-state index contributed by atoms with van der Waals surface area (Å²) in [6, 6.07) is 5.13. The van der Waals surface area contributed by atoms with Gasteiger partial charge < -0.3 is 19.4 Å². The lowest BCUT2D eigenvalue weighted by Gasteiger charge is -2.11. The van der Waals surface area contributed by atoms with Gasteiger partial charge in [0.2, 0.25) is 5.91 Å². The molecule has 0 bridgehead atoms. The van der Waals surface area contributed by atoms with Gasteiger partial charge in [0.15, 0.2) is 5.13 Å². The van der Waals surface area contributed by atoms with E-state index in [0.717, 1.165) is 5.56 Å². The van der Waals surface area contributed by atoms with Crippen LogP contribution in [0.1, 0.15) is 13.0 Å². The summed E-state index contributed by atoms with van der Waals surface area (Å²) >= 11 is 1.36. The van der Waals surface area contributed by atoms with E-state index >= 15 is 0 Å². The van der Waals surface area contributed by atoms with Gasteiger partial charge in [-0.15, -0.1) is 11.3 Å². The summed E-state index contributed by atoms with van der Waals surface area (Å²) in [7, 11) is 3.21. The number of nitrogens with zero attached hydrogens (tertiary/aromatic N) is 3. The molecule has 25 heavy (non-hydrogen) atoms. The molecule has 3 rings (SSSR count). The van der Waals surface area contributed by atoms with Crippen molar-refractivity contribution in [2.75, 3.05) is 19.5 Å². The van der Waals surface area contributed by atoms with E-state index in [2.05, 4.69) is 15.3 Å². The van der Waals surface area contributed by atoms with Crippen molar-refractivity contribution in [1.29, 1.82) is 0 Å². The average Bonchev–Trinajstić information content (AvgIpc) is 3.32. The fourth-order valence-corrected chi connectivity index (χ4v) is 3.03. The van der Waals surface area contributed by atoms with E-state index in [9.17, 15) is 4.79 Å². The highest BCUT2D eigenvalue weighted by Crippen LogP contribution is 2.35.